The Bertz CT molecular complexity index is 1610. The highest BCUT2D eigenvalue weighted by molar-refractivity contribution is 6.09. The quantitative estimate of drug-likeness (QED) is 0.364. The van der Waals surface area contributed by atoms with E-state index in [1.165, 1.54) is 4.90 Å². The molecule has 4 fully saturated rings. The summed E-state index contributed by atoms with van der Waals surface area (Å²) in [6.45, 7) is 8.15. The Morgan fingerprint density at radius 2 is 1.78 bits per heavy atom. The molecule has 0 saturated carbocycles. The molecule has 10 heteroatoms. The van der Waals surface area contributed by atoms with Gasteiger partial charge >= 0.3 is 6.03 Å². The Morgan fingerprint density at radius 1 is 1.00 bits per heavy atom. The molecule has 3 unspecified atom stereocenters. The first kappa shape index (κ1) is 29.8. The first-order valence-corrected chi connectivity index (χ1v) is 16.1. The summed E-state index contributed by atoms with van der Waals surface area (Å²) in [5.41, 5.74) is 2.33. The van der Waals surface area contributed by atoms with Gasteiger partial charge in [0.25, 0.3) is 5.91 Å². The second-order valence-electron chi connectivity index (χ2n) is 13.0. The fourth-order valence-corrected chi connectivity index (χ4v) is 8.12. The van der Waals surface area contributed by atoms with Crippen molar-refractivity contribution in [2.75, 3.05) is 78.1 Å². The lowest BCUT2D eigenvalue weighted by atomic mass is 9.87. The van der Waals surface area contributed by atoms with Crippen LogP contribution in [0.5, 0.6) is 11.5 Å². The molecule has 45 heavy (non-hydrogen) atoms. The van der Waals surface area contributed by atoms with E-state index in [2.05, 4.69) is 51.1 Å². The van der Waals surface area contributed by atoms with Crippen molar-refractivity contribution in [1.82, 2.24) is 19.6 Å². The van der Waals surface area contributed by atoms with E-state index in [4.69, 9.17) is 9.47 Å². The number of hydrogen-bond acceptors (Lipinski definition) is 8. The molecule has 0 radical (unpaired) electrons. The molecule has 4 aliphatic rings. The number of ether oxygens (including phenoxy) is 2. The number of urea groups is 1. The zero-order valence-corrected chi connectivity index (χ0v) is 26.4. The van der Waals surface area contributed by atoms with Gasteiger partial charge in [-0.1, -0.05) is 36.4 Å². The maximum absolute atomic E-state index is 14.6. The lowest BCUT2D eigenvalue weighted by Gasteiger charge is -2.32. The number of morpholine rings is 1. The van der Waals surface area contributed by atoms with Gasteiger partial charge in [-0.25, -0.2) is 4.79 Å². The Kier molecular flexibility index (Phi) is 7.83. The van der Waals surface area contributed by atoms with Crippen molar-refractivity contribution < 1.29 is 24.2 Å². The van der Waals surface area contributed by atoms with Gasteiger partial charge < -0.3 is 24.4 Å². The summed E-state index contributed by atoms with van der Waals surface area (Å²) in [4.78, 5) is 39.2. The molecule has 0 bridgehead atoms. The Labute approximate surface area is 264 Å². The van der Waals surface area contributed by atoms with Crippen molar-refractivity contribution in [3.05, 3.63) is 65.7 Å². The molecule has 0 aromatic heterocycles. The molecule has 0 aliphatic carbocycles. The SMILES string of the molecule is CCOc1cc(CN2CC3CC(c4ccc(N(C)C)c5ccccc45)N4C(=O)N(CCN5CCOCC5)C(=O)C34C2)ccc1O. The molecule has 7 rings (SSSR count). The highest BCUT2D eigenvalue weighted by Crippen LogP contribution is 2.56. The molecule has 3 aromatic rings. The predicted octanol–water partition coefficient (Wildman–Crippen LogP) is 3.92. The van der Waals surface area contributed by atoms with Gasteiger partial charge in [0.15, 0.2) is 11.5 Å². The van der Waals surface area contributed by atoms with Gasteiger partial charge in [0.1, 0.15) is 5.54 Å². The number of rotatable bonds is 9. The molecular formula is C35H43N5O5. The predicted molar refractivity (Wildman–Crippen MR) is 173 cm³/mol. The van der Waals surface area contributed by atoms with Crippen molar-refractivity contribution in [3.8, 4) is 11.5 Å². The number of likely N-dealkylation sites (tertiary alicyclic amines) is 1. The number of phenolic OH excluding ortho intramolecular Hbond substituents is 1. The molecule has 4 aliphatic heterocycles. The molecule has 4 heterocycles. The first-order valence-electron chi connectivity index (χ1n) is 16.1. The molecule has 3 amide bonds. The van der Waals surface area contributed by atoms with Crippen molar-refractivity contribution >= 4 is 28.4 Å². The first-order chi connectivity index (χ1) is 21.8. The van der Waals surface area contributed by atoms with Crippen LogP contribution in [0.4, 0.5) is 10.5 Å². The number of anilines is 1. The van der Waals surface area contributed by atoms with Crippen molar-refractivity contribution in [2.45, 2.75) is 31.5 Å². The minimum absolute atomic E-state index is 0.00287. The van der Waals surface area contributed by atoms with Gasteiger partial charge in [-0.15, -0.1) is 0 Å². The molecule has 1 spiro atoms. The third-order valence-corrected chi connectivity index (χ3v) is 10.2. The standard InChI is InChI=1S/C35H43N5O5/c1-4-45-32-19-24(9-12-31(32)41)21-38-22-25-20-30(28-10-11-29(36(2)3)27-8-6-5-7-26(27)28)40-34(43)39(33(42)35(25,40)23-38)14-13-37-15-17-44-18-16-37/h5-12,19,25,30,41H,4,13-18,20-23H2,1-3H3. The Balaban J connectivity index is 1.23. The van der Waals surface area contributed by atoms with Gasteiger partial charge in [0, 0.05) is 76.9 Å². The van der Waals surface area contributed by atoms with Crippen LogP contribution in [-0.4, -0.2) is 115 Å². The molecule has 10 nitrogen and oxygen atoms in total. The van der Waals surface area contributed by atoms with E-state index in [0.29, 0.717) is 58.3 Å². The largest absolute Gasteiger partial charge is 0.504 e. The fraction of sp³-hybridized carbons (Fsp3) is 0.486. The summed E-state index contributed by atoms with van der Waals surface area (Å²) in [6.07, 6.45) is 0.733. The normalized spacial score (nSPS) is 25.3. The molecule has 3 aromatic carbocycles. The van der Waals surface area contributed by atoms with E-state index >= 15 is 0 Å². The highest BCUT2D eigenvalue weighted by atomic mass is 16.5. The zero-order valence-electron chi connectivity index (χ0n) is 26.4. The third-order valence-electron chi connectivity index (χ3n) is 10.2. The highest BCUT2D eigenvalue weighted by Gasteiger charge is 2.70. The average molecular weight is 614 g/mol. The van der Waals surface area contributed by atoms with E-state index in [0.717, 1.165) is 47.1 Å². The van der Waals surface area contributed by atoms with Gasteiger partial charge in [0.2, 0.25) is 0 Å². The molecule has 238 valence electrons. The van der Waals surface area contributed by atoms with Crippen molar-refractivity contribution in [1.29, 1.82) is 0 Å². The van der Waals surface area contributed by atoms with E-state index in [-0.39, 0.29) is 29.6 Å². The van der Waals surface area contributed by atoms with Crippen LogP contribution in [0.25, 0.3) is 10.8 Å². The maximum atomic E-state index is 14.6. The molecular weight excluding hydrogens is 570 g/mol. The summed E-state index contributed by atoms with van der Waals surface area (Å²) in [5, 5.41) is 12.5. The topological polar surface area (TPSA) is 89.0 Å². The van der Waals surface area contributed by atoms with E-state index in [1.54, 1.807) is 6.07 Å². The summed E-state index contributed by atoms with van der Waals surface area (Å²) in [5.74, 6) is 0.518. The van der Waals surface area contributed by atoms with Gasteiger partial charge in [-0.2, -0.15) is 0 Å². The second kappa shape index (κ2) is 11.8. The monoisotopic (exact) mass is 613 g/mol. The minimum Gasteiger partial charge on any atom is -0.504 e. The number of carbonyl (C=O) groups is 2. The number of aromatic hydroxyl groups is 1. The fourth-order valence-electron chi connectivity index (χ4n) is 8.12. The van der Waals surface area contributed by atoms with Crippen LogP contribution in [-0.2, 0) is 16.1 Å². The van der Waals surface area contributed by atoms with Crippen LogP contribution in [0.2, 0.25) is 0 Å². The smallest absolute Gasteiger partial charge is 0.328 e. The van der Waals surface area contributed by atoms with Crippen LogP contribution >= 0.6 is 0 Å². The van der Waals surface area contributed by atoms with E-state index < -0.39 is 5.54 Å². The zero-order chi connectivity index (χ0) is 31.3. The number of benzene rings is 3. The minimum atomic E-state index is -0.909. The molecule has 1 N–H and O–H groups in total. The molecule has 3 atom stereocenters. The second-order valence-corrected chi connectivity index (χ2v) is 13.0. The number of carbonyl (C=O) groups excluding carboxylic acids is 2. The molecule has 4 saturated heterocycles. The van der Waals surface area contributed by atoms with Gasteiger partial charge in [-0.05, 0) is 48.1 Å². The third kappa shape index (κ3) is 4.99. The summed E-state index contributed by atoms with van der Waals surface area (Å²) < 4.78 is 11.1. The average Bonchev–Trinajstić information content (AvgIpc) is 3.61. The number of phenols is 1. The van der Waals surface area contributed by atoms with E-state index in [1.807, 2.05) is 38.1 Å². The van der Waals surface area contributed by atoms with Crippen LogP contribution < -0.4 is 9.64 Å². The summed E-state index contributed by atoms with van der Waals surface area (Å²) in [7, 11) is 4.09. The van der Waals surface area contributed by atoms with Gasteiger partial charge in [-0.3, -0.25) is 19.5 Å². The Hall–Kier alpha value is -3.86. The number of nitrogens with zero attached hydrogens (tertiary/aromatic N) is 5. The lowest BCUT2D eigenvalue weighted by Crippen LogP contribution is -2.51. The van der Waals surface area contributed by atoms with Crippen molar-refractivity contribution in [3.63, 3.8) is 0 Å². The van der Waals surface area contributed by atoms with Crippen molar-refractivity contribution in [2.24, 2.45) is 5.92 Å². The number of fused-ring (bicyclic) bond motifs is 1. The van der Waals surface area contributed by atoms with Gasteiger partial charge in [0.05, 0.1) is 25.9 Å². The maximum Gasteiger partial charge on any atom is 0.328 e. The van der Waals surface area contributed by atoms with E-state index in [9.17, 15) is 14.7 Å². The van der Waals surface area contributed by atoms with Crippen LogP contribution in [0.15, 0.2) is 54.6 Å². The summed E-state index contributed by atoms with van der Waals surface area (Å²) in [6, 6.07) is 17.8. The summed E-state index contributed by atoms with van der Waals surface area (Å²) >= 11 is 0. The number of imide groups is 1. The van der Waals surface area contributed by atoms with Crippen LogP contribution in [0, 0.1) is 5.92 Å². The number of hydrogen-bond donors (Lipinski definition) is 1. The Morgan fingerprint density at radius 3 is 2.53 bits per heavy atom. The lowest BCUT2D eigenvalue weighted by molar-refractivity contribution is -0.133. The van der Waals surface area contributed by atoms with Crippen LogP contribution in [0.1, 0.15) is 30.5 Å². The van der Waals surface area contributed by atoms with Crippen LogP contribution in [0.3, 0.4) is 0 Å². The number of amides is 3.